The van der Waals surface area contributed by atoms with Crippen molar-refractivity contribution in [1.29, 1.82) is 0 Å². The first-order chi connectivity index (χ1) is 17.2. The summed E-state index contributed by atoms with van der Waals surface area (Å²) in [6, 6.07) is 10.2. The van der Waals surface area contributed by atoms with Crippen LogP contribution in [0.4, 0.5) is 5.82 Å². The summed E-state index contributed by atoms with van der Waals surface area (Å²) in [5.41, 5.74) is 1.20. The zero-order chi connectivity index (χ0) is 25.7. The van der Waals surface area contributed by atoms with E-state index in [1.54, 1.807) is 28.4 Å². The summed E-state index contributed by atoms with van der Waals surface area (Å²) in [7, 11) is 0. The number of amides is 3. The van der Waals surface area contributed by atoms with Crippen molar-refractivity contribution in [2.45, 2.75) is 52.1 Å². The van der Waals surface area contributed by atoms with Crippen molar-refractivity contribution in [3.8, 4) is 0 Å². The Labute approximate surface area is 215 Å². The fourth-order valence-electron chi connectivity index (χ4n) is 4.17. The minimum Gasteiger partial charge on any atom is -0.344 e. The van der Waals surface area contributed by atoms with Crippen molar-refractivity contribution in [3.63, 3.8) is 0 Å². The number of anilines is 1. The van der Waals surface area contributed by atoms with Gasteiger partial charge in [-0.05, 0) is 40.8 Å². The number of hydrogen-bond acceptors (Lipinski definition) is 5. The third-order valence-corrected chi connectivity index (χ3v) is 6.97. The van der Waals surface area contributed by atoms with Gasteiger partial charge in [-0.25, -0.2) is 4.98 Å². The van der Waals surface area contributed by atoms with Gasteiger partial charge >= 0.3 is 0 Å². The monoisotopic (exact) mass is 507 g/mol. The van der Waals surface area contributed by atoms with E-state index in [-0.39, 0.29) is 17.7 Å². The number of nitrogens with zero attached hydrogens (tertiary/aromatic N) is 3. The smallest absolute Gasteiger partial charge is 0.250 e. The van der Waals surface area contributed by atoms with Crippen molar-refractivity contribution in [3.05, 3.63) is 70.8 Å². The number of rotatable bonds is 8. The Hall–Kier alpha value is -3.46. The molecule has 36 heavy (non-hydrogen) atoms. The fourth-order valence-corrected chi connectivity index (χ4v) is 4.85. The highest BCUT2D eigenvalue weighted by molar-refractivity contribution is 7.07. The molecule has 0 saturated carbocycles. The van der Waals surface area contributed by atoms with Crippen LogP contribution in [0.15, 0.2) is 59.7 Å². The van der Waals surface area contributed by atoms with Crippen LogP contribution in [0.5, 0.6) is 0 Å². The molecule has 0 aliphatic carbocycles. The topological polar surface area (TPSA) is 96.3 Å². The molecular weight excluding hydrogens is 474 g/mol. The van der Waals surface area contributed by atoms with Gasteiger partial charge in [-0.1, -0.05) is 51.1 Å². The first-order valence-electron chi connectivity index (χ1n) is 12.2. The van der Waals surface area contributed by atoms with E-state index in [0.717, 1.165) is 37.1 Å². The first-order valence-corrected chi connectivity index (χ1v) is 13.2. The van der Waals surface area contributed by atoms with Crippen molar-refractivity contribution in [1.82, 2.24) is 19.8 Å². The summed E-state index contributed by atoms with van der Waals surface area (Å²) < 4.78 is 1.74. The summed E-state index contributed by atoms with van der Waals surface area (Å²) in [5, 5.41) is 9.63. The van der Waals surface area contributed by atoms with Crippen molar-refractivity contribution in [2.75, 3.05) is 18.4 Å². The molecule has 0 radical (unpaired) electrons. The molecule has 2 unspecified atom stereocenters. The molecule has 8 nitrogen and oxygen atoms in total. The van der Waals surface area contributed by atoms with E-state index in [4.69, 9.17) is 0 Å². The molecule has 4 rings (SSSR count). The average Bonchev–Trinajstić information content (AvgIpc) is 3.62. The molecule has 1 fully saturated rings. The first kappa shape index (κ1) is 25.6. The highest BCUT2D eigenvalue weighted by atomic mass is 32.1. The Bertz CT molecular complexity index is 1180. The molecule has 9 heteroatoms. The molecular formula is C27H33N5O3S. The summed E-state index contributed by atoms with van der Waals surface area (Å²) in [6.45, 7) is 6.93. The van der Waals surface area contributed by atoms with Crippen LogP contribution in [0.3, 0.4) is 0 Å². The van der Waals surface area contributed by atoms with Gasteiger partial charge in [0.1, 0.15) is 12.1 Å². The zero-order valence-electron chi connectivity index (χ0n) is 20.9. The maximum Gasteiger partial charge on any atom is 0.250 e. The number of thiophene rings is 1. The zero-order valence-corrected chi connectivity index (χ0v) is 21.8. The van der Waals surface area contributed by atoms with Gasteiger partial charge in [-0.15, -0.1) is 0 Å². The number of nitrogens with one attached hydrogen (secondary N) is 2. The summed E-state index contributed by atoms with van der Waals surface area (Å²) in [4.78, 5) is 45.6. The van der Waals surface area contributed by atoms with E-state index in [0.29, 0.717) is 12.2 Å². The Morgan fingerprint density at radius 1 is 1.08 bits per heavy atom. The van der Waals surface area contributed by atoms with E-state index >= 15 is 0 Å². The molecule has 2 atom stereocenters. The highest BCUT2D eigenvalue weighted by Gasteiger charge is 2.31. The van der Waals surface area contributed by atoms with Gasteiger partial charge in [0.15, 0.2) is 5.82 Å². The van der Waals surface area contributed by atoms with Gasteiger partial charge in [0, 0.05) is 31.1 Å². The number of aromatic nitrogens is 2. The summed E-state index contributed by atoms with van der Waals surface area (Å²) in [6.07, 6.45) is 5.63. The molecule has 1 aliphatic rings. The number of likely N-dealkylation sites (tertiary alicyclic amines) is 1. The van der Waals surface area contributed by atoms with Gasteiger partial charge < -0.3 is 20.1 Å². The molecule has 3 heterocycles. The quantitative estimate of drug-likeness (QED) is 0.484. The van der Waals surface area contributed by atoms with Crippen molar-refractivity contribution in [2.24, 2.45) is 5.41 Å². The summed E-state index contributed by atoms with van der Waals surface area (Å²) >= 11 is 1.54. The third kappa shape index (κ3) is 6.20. The molecule has 0 bridgehead atoms. The molecule has 190 valence electrons. The van der Waals surface area contributed by atoms with Crippen LogP contribution in [0.1, 0.15) is 50.8 Å². The van der Waals surface area contributed by atoms with E-state index in [1.165, 1.54) is 0 Å². The van der Waals surface area contributed by atoms with E-state index < -0.39 is 17.5 Å². The number of imidazole rings is 1. The van der Waals surface area contributed by atoms with Crippen LogP contribution in [-0.4, -0.2) is 51.3 Å². The lowest BCUT2D eigenvalue weighted by Gasteiger charge is -2.24. The minimum absolute atomic E-state index is 0.0155. The van der Waals surface area contributed by atoms with Crippen LogP contribution in [0, 0.1) is 5.41 Å². The third-order valence-electron chi connectivity index (χ3n) is 6.24. The maximum atomic E-state index is 13.4. The van der Waals surface area contributed by atoms with Gasteiger partial charge in [0.25, 0.3) is 0 Å². The van der Waals surface area contributed by atoms with Crippen LogP contribution in [-0.2, 0) is 20.8 Å². The fraction of sp³-hybridized carbons (Fsp3) is 0.407. The van der Waals surface area contributed by atoms with Crippen molar-refractivity contribution < 1.29 is 14.4 Å². The standard InChI is InChI=1S/C27H33N5O3S/c1-27(2,3)26(35)29-21(15-19-11-14-36-17-19)24(33)30-22-16-32(18-28-22)23(20-9-5-4-6-10-20)25(34)31-12-7-8-13-31/h4-6,9-11,14,16-18,21,23H,7-8,12-13,15H2,1-3H3,(H,29,35)(H,30,33). The molecule has 1 aliphatic heterocycles. The summed E-state index contributed by atoms with van der Waals surface area (Å²) in [5.74, 6) is -0.216. The van der Waals surface area contributed by atoms with E-state index in [2.05, 4.69) is 15.6 Å². The van der Waals surface area contributed by atoms with Gasteiger partial charge in [-0.3, -0.25) is 14.4 Å². The second-order valence-electron chi connectivity index (χ2n) is 10.2. The molecule has 1 saturated heterocycles. The molecule has 2 aromatic heterocycles. The molecule has 3 amide bonds. The molecule has 1 aromatic carbocycles. The normalized spacial score (nSPS) is 15.4. The lowest BCUT2D eigenvalue weighted by atomic mass is 9.94. The molecule has 3 aromatic rings. The Balaban J connectivity index is 1.54. The number of benzene rings is 1. The van der Waals surface area contributed by atoms with Crippen LogP contribution < -0.4 is 10.6 Å². The second kappa shape index (κ2) is 11.1. The Morgan fingerprint density at radius 2 is 1.81 bits per heavy atom. The largest absolute Gasteiger partial charge is 0.344 e. The van der Waals surface area contributed by atoms with Gasteiger partial charge in [0.05, 0.1) is 6.33 Å². The molecule has 2 N–H and O–H groups in total. The lowest BCUT2D eigenvalue weighted by Crippen LogP contribution is -2.48. The van der Waals surface area contributed by atoms with Crippen LogP contribution >= 0.6 is 11.3 Å². The predicted octanol–water partition coefficient (Wildman–Crippen LogP) is 3.87. The second-order valence-corrected chi connectivity index (χ2v) is 10.9. The van der Waals surface area contributed by atoms with Crippen LogP contribution in [0.2, 0.25) is 0 Å². The van der Waals surface area contributed by atoms with E-state index in [9.17, 15) is 14.4 Å². The number of hydrogen-bond donors (Lipinski definition) is 2. The predicted molar refractivity (Wildman–Crippen MR) is 141 cm³/mol. The average molecular weight is 508 g/mol. The highest BCUT2D eigenvalue weighted by Crippen LogP contribution is 2.25. The number of carbonyl (C=O) groups excluding carboxylic acids is 3. The van der Waals surface area contributed by atoms with Gasteiger partial charge in [-0.2, -0.15) is 11.3 Å². The maximum absolute atomic E-state index is 13.4. The molecule has 0 spiro atoms. The number of carbonyl (C=O) groups is 3. The van der Waals surface area contributed by atoms with Gasteiger partial charge in [0.2, 0.25) is 17.7 Å². The van der Waals surface area contributed by atoms with Crippen LogP contribution in [0.25, 0.3) is 0 Å². The Morgan fingerprint density at radius 3 is 2.44 bits per heavy atom. The SMILES string of the molecule is CC(C)(C)C(=O)NC(Cc1ccsc1)C(=O)Nc1cn(C(C(=O)N2CCCC2)c2ccccc2)cn1. The van der Waals surface area contributed by atoms with Crippen molar-refractivity contribution >= 4 is 34.9 Å². The minimum atomic E-state index is -0.757. The lowest BCUT2D eigenvalue weighted by molar-refractivity contribution is -0.132. The van der Waals surface area contributed by atoms with E-state index in [1.807, 2.05) is 72.8 Å². The Kier molecular flexibility index (Phi) is 7.88.